The van der Waals surface area contributed by atoms with Gasteiger partial charge in [-0.3, -0.25) is 4.79 Å². The van der Waals surface area contributed by atoms with Crippen LogP contribution in [0.1, 0.15) is 48.4 Å². The molecule has 1 N–H and O–H groups in total. The van der Waals surface area contributed by atoms with Gasteiger partial charge in [-0.1, -0.05) is 25.0 Å². The van der Waals surface area contributed by atoms with E-state index in [9.17, 15) is 4.79 Å². The van der Waals surface area contributed by atoms with Crippen LogP contribution in [0, 0.1) is 18.8 Å². The van der Waals surface area contributed by atoms with Crippen molar-refractivity contribution in [2.45, 2.75) is 51.0 Å². The second-order valence-corrected chi connectivity index (χ2v) is 8.46. The van der Waals surface area contributed by atoms with Crippen LogP contribution in [0.2, 0.25) is 0 Å². The third-order valence-electron chi connectivity index (χ3n) is 6.88. The fourth-order valence-electron chi connectivity index (χ4n) is 5.35. The van der Waals surface area contributed by atoms with E-state index in [0.717, 1.165) is 5.75 Å². The molecule has 4 atom stereocenters. The predicted molar refractivity (Wildman–Crippen MR) is 117 cm³/mol. The molecule has 2 aliphatic carbocycles. The van der Waals surface area contributed by atoms with Gasteiger partial charge < -0.3 is 19.5 Å². The second-order valence-electron chi connectivity index (χ2n) is 8.46. The molecule has 1 aromatic heterocycles. The SMILES string of the molecule is COc1ccc([C@H]2[C@H]3CCCC[C@H]3[C@@H]2NC(=O)Cc2c(C)nc(OC)nc2OC)cc1. The van der Waals surface area contributed by atoms with Crippen LogP contribution in [0.25, 0.3) is 0 Å². The lowest BCUT2D eigenvalue weighted by molar-refractivity contribution is -0.124. The zero-order valence-electron chi connectivity index (χ0n) is 18.7. The largest absolute Gasteiger partial charge is 0.497 e. The number of aryl methyl sites for hydroxylation is 1. The van der Waals surface area contributed by atoms with Gasteiger partial charge in [-0.25, -0.2) is 4.98 Å². The number of hydrogen-bond donors (Lipinski definition) is 1. The topological polar surface area (TPSA) is 82.6 Å². The Morgan fingerprint density at radius 1 is 1.00 bits per heavy atom. The Morgan fingerprint density at radius 2 is 1.71 bits per heavy atom. The maximum Gasteiger partial charge on any atom is 0.319 e. The molecule has 7 nitrogen and oxygen atoms in total. The summed E-state index contributed by atoms with van der Waals surface area (Å²) in [6.07, 6.45) is 5.10. The number of nitrogens with zero attached hydrogens (tertiary/aromatic N) is 2. The first-order valence-corrected chi connectivity index (χ1v) is 10.9. The highest BCUT2D eigenvalue weighted by Crippen LogP contribution is 2.54. The summed E-state index contributed by atoms with van der Waals surface area (Å²) in [6, 6.07) is 8.68. The molecule has 2 aliphatic rings. The minimum absolute atomic E-state index is 0.0253. The van der Waals surface area contributed by atoms with E-state index in [4.69, 9.17) is 14.2 Å². The number of amides is 1. The first-order valence-electron chi connectivity index (χ1n) is 10.9. The highest BCUT2D eigenvalue weighted by atomic mass is 16.5. The third-order valence-corrected chi connectivity index (χ3v) is 6.88. The van der Waals surface area contributed by atoms with Gasteiger partial charge in [-0.2, -0.15) is 4.98 Å². The number of rotatable bonds is 7. The summed E-state index contributed by atoms with van der Waals surface area (Å²) in [4.78, 5) is 21.6. The smallest absolute Gasteiger partial charge is 0.319 e. The number of hydrogen-bond acceptors (Lipinski definition) is 6. The molecule has 1 amide bonds. The molecule has 0 saturated heterocycles. The van der Waals surface area contributed by atoms with Crippen LogP contribution in [0.4, 0.5) is 0 Å². The summed E-state index contributed by atoms with van der Waals surface area (Å²) in [5.41, 5.74) is 2.66. The molecule has 2 aromatic rings. The Morgan fingerprint density at radius 3 is 2.35 bits per heavy atom. The summed E-state index contributed by atoms with van der Waals surface area (Å²) in [5, 5.41) is 3.34. The summed E-state index contributed by atoms with van der Waals surface area (Å²) >= 11 is 0. The van der Waals surface area contributed by atoms with E-state index < -0.39 is 0 Å². The maximum atomic E-state index is 13.1. The van der Waals surface area contributed by atoms with Crippen molar-refractivity contribution in [2.24, 2.45) is 11.8 Å². The van der Waals surface area contributed by atoms with Gasteiger partial charge in [-0.05, 0) is 49.3 Å². The highest BCUT2D eigenvalue weighted by molar-refractivity contribution is 5.80. The Kier molecular flexibility index (Phi) is 6.30. The number of benzene rings is 1. The zero-order chi connectivity index (χ0) is 22.0. The van der Waals surface area contributed by atoms with Crippen molar-refractivity contribution in [1.82, 2.24) is 15.3 Å². The summed E-state index contributed by atoms with van der Waals surface area (Å²) in [5.74, 6) is 2.73. The van der Waals surface area contributed by atoms with Crippen LogP contribution in [-0.2, 0) is 11.2 Å². The molecule has 0 aliphatic heterocycles. The number of methoxy groups -OCH3 is 3. The van der Waals surface area contributed by atoms with E-state index in [1.54, 1.807) is 14.2 Å². The molecule has 0 spiro atoms. The fourth-order valence-corrected chi connectivity index (χ4v) is 5.35. The van der Waals surface area contributed by atoms with Crippen LogP contribution < -0.4 is 19.5 Å². The maximum absolute atomic E-state index is 13.1. The number of nitrogens with one attached hydrogen (secondary N) is 1. The number of fused-ring (bicyclic) bond motifs is 1. The first kappa shape index (κ1) is 21.4. The van der Waals surface area contributed by atoms with Crippen LogP contribution in [-0.4, -0.2) is 43.2 Å². The van der Waals surface area contributed by atoms with Crippen LogP contribution in [0.3, 0.4) is 0 Å². The van der Waals surface area contributed by atoms with E-state index in [2.05, 4.69) is 27.4 Å². The van der Waals surface area contributed by atoms with Gasteiger partial charge in [0.1, 0.15) is 5.75 Å². The van der Waals surface area contributed by atoms with Crippen molar-refractivity contribution in [3.8, 4) is 17.6 Å². The van der Waals surface area contributed by atoms with Crippen LogP contribution in [0.5, 0.6) is 17.6 Å². The van der Waals surface area contributed by atoms with Gasteiger partial charge >= 0.3 is 6.01 Å². The molecule has 31 heavy (non-hydrogen) atoms. The number of carbonyl (C=O) groups is 1. The summed E-state index contributed by atoms with van der Waals surface area (Å²) in [6.45, 7) is 1.84. The quantitative estimate of drug-likeness (QED) is 0.732. The highest BCUT2D eigenvalue weighted by Gasteiger charge is 2.51. The molecule has 0 radical (unpaired) electrons. The first-order chi connectivity index (χ1) is 15.0. The zero-order valence-corrected chi connectivity index (χ0v) is 18.7. The van der Waals surface area contributed by atoms with Crippen molar-refractivity contribution < 1.29 is 19.0 Å². The van der Waals surface area contributed by atoms with Gasteiger partial charge in [-0.15, -0.1) is 0 Å². The Bertz CT molecular complexity index is 931. The van der Waals surface area contributed by atoms with E-state index >= 15 is 0 Å². The molecule has 0 unspecified atom stereocenters. The van der Waals surface area contributed by atoms with Gasteiger partial charge in [0.25, 0.3) is 0 Å². The molecule has 0 bridgehead atoms. The molecule has 1 heterocycles. The molecule has 2 saturated carbocycles. The number of ether oxygens (including phenoxy) is 3. The van der Waals surface area contributed by atoms with Gasteiger partial charge in [0.05, 0.1) is 33.4 Å². The average molecular weight is 426 g/mol. The van der Waals surface area contributed by atoms with E-state index in [1.165, 1.54) is 38.4 Å². The lowest BCUT2D eigenvalue weighted by Gasteiger charge is -2.55. The number of carbonyl (C=O) groups excluding carboxylic acids is 1. The standard InChI is InChI=1S/C24H31N3O4/c1-14-19(23(30-3)27-24(25-14)31-4)13-20(28)26-22-18-8-6-5-7-17(18)21(22)15-9-11-16(29-2)12-10-15/h9-12,17-18,21-22H,5-8,13H2,1-4H3,(H,26,28)/t17-,18+,21-,22-/m0/s1. The molecular weight excluding hydrogens is 394 g/mol. The van der Waals surface area contributed by atoms with Gasteiger partial charge in [0.15, 0.2) is 0 Å². The molecule has 4 rings (SSSR count). The number of aromatic nitrogens is 2. The van der Waals surface area contributed by atoms with Gasteiger partial charge in [0, 0.05) is 17.5 Å². The monoisotopic (exact) mass is 425 g/mol. The average Bonchev–Trinajstić information content (AvgIpc) is 2.79. The molecule has 1 aromatic carbocycles. The predicted octanol–water partition coefficient (Wildman–Crippen LogP) is 3.44. The van der Waals surface area contributed by atoms with Gasteiger partial charge in [0.2, 0.25) is 11.8 Å². The van der Waals surface area contributed by atoms with Crippen molar-refractivity contribution in [3.63, 3.8) is 0 Å². The lowest BCUT2D eigenvalue weighted by atomic mass is 9.53. The Hall–Kier alpha value is -2.83. The molecule has 2 fully saturated rings. The lowest BCUT2D eigenvalue weighted by Crippen LogP contribution is -2.59. The summed E-state index contributed by atoms with van der Waals surface area (Å²) in [7, 11) is 4.73. The fraction of sp³-hybridized carbons (Fsp3) is 0.542. The minimum Gasteiger partial charge on any atom is -0.497 e. The second kappa shape index (κ2) is 9.12. The van der Waals surface area contributed by atoms with Crippen molar-refractivity contribution in [3.05, 3.63) is 41.1 Å². The third kappa shape index (κ3) is 4.18. The molecular formula is C24H31N3O4. The summed E-state index contributed by atoms with van der Waals surface area (Å²) < 4.78 is 15.8. The molecule has 166 valence electrons. The van der Waals surface area contributed by atoms with Crippen LogP contribution in [0.15, 0.2) is 24.3 Å². The van der Waals surface area contributed by atoms with E-state index in [1.807, 2.05) is 19.1 Å². The Balaban J connectivity index is 1.52. The normalized spacial score (nSPS) is 24.5. The van der Waals surface area contributed by atoms with Crippen molar-refractivity contribution >= 4 is 5.91 Å². The van der Waals surface area contributed by atoms with E-state index in [0.29, 0.717) is 34.9 Å². The molecule has 7 heteroatoms. The van der Waals surface area contributed by atoms with Crippen molar-refractivity contribution in [1.29, 1.82) is 0 Å². The van der Waals surface area contributed by atoms with Crippen LogP contribution >= 0.6 is 0 Å². The van der Waals surface area contributed by atoms with E-state index in [-0.39, 0.29) is 24.4 Å². The minimum atomic E-state index is -0.0253. The Labute approximate surface area is 183 Å². The van der Waals surface area contributed by atoms with Crippen molar-refractivity contribution in [2.75, 3.05) is 21.3 Å².